The van der Waals surface area contributed by atoms with Crippen LogP contribution in [0.4, 0.5) is 5.69 Å². The fourth-order valence-electron chi connectivity index (χ4n) is 2.47. The number of nitro groups is 1. The minimum atomic E-state index is -0.596. The van der Waals surface area contributed by atoms with E-state index in [2.05, 4.69) is 4.98 Å². The van der Waals surface area contributed by atoms with Gasteiger partial charge in [0.2, 0.25) is 0 Å². The summed E-state index contributed by atoms with van der Waals surface area (Å²) < 4.78 is 0. The number of hydrogen-bond acceptors (Lipinski definition) is 3. The second-order valence-corrected chi connectivity index (χ2v) is 7.66. The monoisotopic (exact) mass is 480 g/mol. The van der Waals surface area contributed by atoms with Crippen molar-refractivity contribution in [1.82, 2.24) is 4.98 Å². The van der Waals surface area contributed by atoms with Crippen LogP contribution >= 0.6 is 69.6 Å². The number of nitrogens with zero attached hydrogens (tertiary/aromatic N) is 2. The van der Waals surface area contributed by atoms with Crippen molar-refractivity contribution in [3.05, 3.63) is 76.8 Å². The summed E-state index contributed by atoms with van der Waals surface area (Å²) in [6.45, 7) is 0. The molecule has 3 rings (SSSR count). The molecule has 4 nitrogen and oxygen atoms in total. The van der Waals surface area contributed by atoms with E-state index >= 15 is 0 Å². The molecule has 0 aliphatic carbocycles. The predicted molar refractivity (Wildman–Crippen MR) is 112 cm³/mol. The van der Waals surface area contributed by atoms with Crippen LogP contribution in [-0.4, -0.2) is 9.91 Å². The van der Waals surface area contributed by atoms with Gasteiger partial charge in [-0.2, -0.15) is 0 Å². The van der Waals surface area contributed by atoms with Crippen LogP contribution < -0.4 is 0 Å². The molecule has 0 N–H and O–H groups in total. The van der Waals surface area contributed by atoms with Gasteiger partial charge in [-0.1, -0.05) is 69.6 Å². The maximum atomic E-state index is 11.5. The Labute approximate surface area is 183 Å². The van der Waals surface area contributed by atoms with Gasteiger partial charge in [-0.15, -0.1) is 0 Å². The molecular weight excluding hydrogens is 477 g/mol. The molecule has 0 saturated carbocycles. The highest BCUT2D eigenvalue weighted by Crippen LogP contribution is 2.45. The van der Waals surface area contributed by atoms with E-state index in [9.17, 15) is 10.1 Å². The maximum Gasteiger partial charge on any atom is 0.295 e. The average molecular weight is 483 g/mol. The molecule has 1 aromatic heterocycles. The zero-order chi connectivity index (χ0) is 19.9. The summed E-state index contributed by atoms with van der Waals surface area (Å²) in [5, 5.41) is 12.7. The third-order valence-electron chi connectivity index (χ3n) is 3.69. The van der Waals surface area contributed by atoms with Crippen LogP contribution in [0.15, 0.2) is 36.5 Å². The van der Waals surface area contributed by atoms with E-state index in [0.717, 1.165) is 6.20 Å². The molecule has 27 heavy (non-hydrogen) atoms. The minimum absolute atomic E-state index is 0.0766. The lowest BCUT2D eigenvalue weighted by atomic mass is 10.0. The van der Waals surface area contributed by atoms with Crippen molar-refractivity contribution >= 4 is 75.3 Å². The second-order valence-electron chi connectivity index (χ2n) is 5.28. The van der Waals surface area contributed by atoms with Gasteiger partial charge in [0.1, 0.15) is 6.20 Å². The normalized spacial score (nSPS) is 10.9. The average Bonchev–Trinajstić information content (AvgIpc) is 2.62. The van der Waals surface area contributed by atoms with Crippen molar-refractivity contribution in [2.75, 3.05) is 0 Å². The number of aromatic nitrogens is 1. The van der Waals surface area contributed by atoms with E-state index in [1.54, 1.807) is 6.07 Å². The first-order chi connectivity index (χ1) is 12.7. The highest BCUT2D eigenvalue weighted by molar-refractivity contribution is 6.47. The van der Waals surface area contributed by atoms with Crippen molar-refractivity contribution in [2.24, 2.45) is 0 Å². The van der Waals surface area contributed by atoms with Gasteiger partial charge in [-0.3, -0.25) is 10.1 Å². The molecule has 0 spiro atoms. The van der Waals surface area contributed by atoms with Gasteiger partial charge in [-0.25, -0.2) is 4.98 Å². The Balaban J connectivity index is 2.37. The smallest absolute Gasteiger partial charge is 0.258 e. The van der Waals surface area contributed by atoms with E-state index in [4.69, 9.17) is 69.6 Å². The number of pyridine rings is 1. The molecule has 0 radical (unpaired) electrons. The molecule has 0 bridgehead atoms. The topological polar surface area (TPSA) is 56.0 Å². The first kappa shape index (κ1) is 20.5. The standard InChI is InChI=1S/C17H6Cl6N2O2/c18-8-1-3-10(20)16(22)14(8)7-5-12(24-6-13(7)25(26)27)15-9(19)2-4-11(21)17(15)23/h1-6H. The Bertz CT molecular complexity index is 1090. The van der Waals surface area contributed by atoms with Crippen molar-refractivity contribution < 1.29 is 4.92 Å². The van der Waals surface area contributed by atoms with E-state index in [1.807, 2.05) is 0 Å². The maximum absolute atomic E-state index is 11.5. The molecular formula is C17H6Cl6N2O2. The van der Waals surface area contributed by atoms with Gasteiger partial charge in [0, 0.05) is 11.1 Å². The molecule has 3 aromatic rings. The van der Waals surface area contributed by atoms with E-state index in [1.165, 1.54) is 24.3 Å². The summed E-state index contributed by atoms with van der Waals surface area (Å²) >= 11 is 37.1. The number of rotatable bonds is 3. The minimum Gasteiger partial charge on any atom is -0.258 e. The van der Waals surface area contributed by atoms with Crippen molar-refractivity contribution in [2.45, 2.75) is 0 Å². The molecule has 0 aliphatic rings. The zero-order valence-corrected chi connectivity index (χ0v) is 17.5. The lowest BCUT2D eigenvalue weighted by Gasteiger charge is -2.12. The predicted octanol–water partition coefficient (Wildman–Crippen LogP) is 8.24. The van der Waals surface area contributed by atoms with Crippen LogP contribution in [0.2, 0.25) is 30.1 Å². The van der Waals surface area contributed by atoms with E-state index in [0.29, 0.717) is 5.56 Å². The van der Waals surface area contributed by atoms with Crippen molar-refractivity contribution in [3.63, 3.8) is 0 Å². The fraction of sp³-hybridized carbons (Fsp3) is 0. The molecule has 0 fully saturated rings. The number of halogens is 6. The van der Waals surface area contributed by atoms with Gasteiger partial charge in [0.05, 0.1) is 46.3 Å². The van der Waals surface area contributed by atoms with Crippen molar-refractivity contribution in [3.8, 4) is 22.4 Å². The fourth-order valence-corrected chi connectivity index (χ4v) is 3.92. The third kappa shape index (κ3) is 3.83. The van der Waals surface area contributed by atoms with Gasteiger partial charge < -0.3 is 0 Å². The number of hydrogen-bond donors (Lipinski definition) is 0. The van der Waals surface area contributed by atoms with Crippen LogP contribution in [0, 0.1) is 10.1 Å². The molecule has 0 saturated heterocycles. The van der Waals surface area contributed by atoms with Gasteiger partial charge in [-0.05, 0) is 30.3 Å². The lowest BCUT2D eigenvalue weighted by Crippen LogP contribution is -1.97. The number of benzene rings is 2. The Hall–Kier alpha value is -1.27. The molecule has 138 valence electrons. The molecule has 0 amide bonds. The SMILES string of the molecule is O=[N+]([O-])c1cnc(-c2c(Cl)ccc(Cl)c2Cl)cc1-c1c(Cl)ccc(Cl)c1Cl. The molecule has 0 atom stereocenters. The largest absolute Gasteiger partial charge is 0.295 e. The van der Waals surface area contributed by atoms with Crippen LogP contribution in [0.25, 0.3) is 22.4 Å². The quantitative estimate of drug-likeness (QED) is 0.214. The van der Waals surface area contributed by atoms with Crippen LogP contribution in [0.1, 0.15) is 0 Å². The van der Waals surface area contributed by atoms with E-state index < -0.39 is 4.92 Å². The molecule has 0 aliphatic heterocycles. The van der Waals surface area contributed by atoms with Gasteiger partial charge in [0.15, 0.2) is 0 Å². The first-order valence-corrected chi connectivity index (χ1v) is 9.41. The van der Waals surface area contributed by atoms with Crippen molar-refractivity contribution in [1.29, 1.82) is 0 Å². The van der Waals surface area contributed by atoms with E-state index in [-0.39, 0.29) is 52.6 Å². The van der Waals surface area contributed by atoms with Gasteiger partial charge >= 0.3 is 0 Å². The van der Waals surface area contributed by atoms with Crippen LogP contribution in [0.5, 0.6) is 0 Å². The molecule has 10 heteroatoms. The Kier molecular flexibility index (Phi) is 6.06. The summed E-state index contributed by atoms with van der Waals surface area (Å²) in [5.74, 6) is 0. The Morgan fingerprint density at radius 1 is 0.778 bits per heavy atom. The highest BCUT2D eigenvalue weighted by Gasteiger charge is 2.24. The third-order valence-corrected chi connectivity index (χ3v) is 5.93. The molecule has 1 heterocycles. The first-order valence-electron chi connectivity index (χ1n) is 7.14. The summed E-state index contributed by atoms with van der Waals surface area (Å²) in [4.78, 5) is 15.0. The molecule has 2 aromatic carbocycles. The second kappa shape index (κ2) is 8.00. The summed E-state index contributed by atoms with van der Waals surface area (Å²) in [5.41, 5.74) is 0.612. The highest BCUT2D eigenvalue weighted by atomic mass is 35.5. The summed E-state index contributed by atoms with van der Waals surface area (Å²) in [7, 11) is 0. The lowest BCUT2D eigenvalue weighted by molar-refractivity contribution is -0.384. The Morgan fingerprint density at radius 2 is 1.26 bits per heavy atom. The van der Waals surface area contributed by atoms with Crippen LogP contribution in [0.3, 0.4) is 0 Å². The van der Waals surface area contributed by atoms with Crippen LogP contribution in [-0.2, 0) is 0 Å². The summed E-state index contributed by atoms with van der Waals surface area (Å²) in [6, 6.07) is 7.49. The van der Waals surface area contributed by atoms with Gasteiger partial charge in [0.25, 0.3) is 5.69 Å². The molecule has 0 unspecified atom stereocenters. The zero-order valence-electron chi connectivity index (χ0n) is 12.9. The summed E-state index contributed by atoms with van der Waals surface area (Å²) in [6.07, 6.45) is 1.08. The Morgan fingerprint density at radius 3 is 1.81 bits per heavy atom.